The number of benzene rings is 1. The molecule has 0 fully saturated rings. The third kappa shape index (κ3) is 2.57. The van der Waals surface area contributed by atoms with Crippen LogP contribution in [0.5, 0.6) is 0 Å². The Labute approximate surface area is 94.3 Å². The van der Waals surface area contributed by atoms with Gasteiger partial charge in [-0.15, -0.1) is 11.6 Å². The van der Waals surface area contributed by atoms with E-state index in [0.29, 0.717) is 11.1 Å². The van der Waals surface area contributed by atoms with Crippen LogP contribution in [0.3, 0.4) is 0 Å². The molecule has 0 radical (unpaired) electrons. The van der Waals surface area contributed by atoms with Crippen LogP contribution in [0.2, 0.25) is 0 Å². The molecule has 0 bridgehead atoms. The first-order valence-electron chi connectivity index (χ1n) is 4.75. The van der Waals surface area contributed by atoms with Crippen molar-refractivity contribution in [2.45, 2.75) is 20.8 Å². The molecule has 1 nitrogen and oxygen atoms in total. The molecule has 1 aromatic rings. The Balaban J connectivity index is 3.08. The average Bonchev–Trinajstić information content (AvgIpc) is 2.21. The van der Waals surface area contributed by atoms with Gasteiger partial charge in [0, 0.05) is 16.9 Å². The summed E-state index contributed by atoms with van der Waals surface area (Å²) in [6.45, 7) is 5.20. The quantitative estimate of drug-likeness (QED) is 0.571. The molecule has 0 unspecified atom stereocenters. The van der Waals surface area contributed by atoms with Gasteiger partial charge in [-0.1, -0.05) is 13.8 Å². The first-order chi connectivity index (χ1) is 6.88. The smallest absolute Gasteiger partial charge is 0.169 e. The number of Topliss-reactive ketones (excluding diaryl/α,β-unsaturated/α-hetero) is 1. The highest BCUT2D eigenvalue weighted by Gasteiger charge is 2.27. The molecule has 0 heterocycles. The van der Waals surface area contributed by atoms with E-state index in [2.05, 4.69) is 0 Å². The summed E-state index contributed by atoms with van der Waals surface area (Å²) < 4.78 is 13.0. The fourth-order valence-corrected chi connectivity index (χ4v) is 1.36. The Morgan fingerprint density at radius 3 is 2.53 bits per heavy atom. The maximum Gasteiger partial charge on any atom is 0.169 e. The van der Waals surface area contributed by atoms with Crippen molar-refractivity contribution < 1.29 is 9.18 Å². The molecule has 15 heavy (non-hydrogen) atoms. The van der Waals surface area contributed by atoms with Gasteiger partial charge in [-0.05, 0) is 30.7 Å². The molecule has 0 saturated carbocycles. The standard InChI is InChI=1S/C12H14ClFO/c1-8-6-9(4-5-10(8)14)11(15)12(2,3)7-13/h4-6H,7H2,1-3H3. The van der Waals surface area contributed by atoms with E-state index in [1.807, 2.05) is 0 Å². The number of hydrogen-bond donors (Lipinski definition) is 0. The zero-order valence-electron chi connectivity index (χ0n) is 9.10. The summed E-state index contributed by atoms with van der Waals surface area (Å²) in [7, 11) is 0. The molecule has 1 rings (SSSR count). The second-order valence-electron chi connectivity index (χ2n) is 4.31. The maximum atomic E-state index is 13.0. The predicted octanol–water partition coefficient (Wildman–Crippen LogP) is 3.58. The van der Waals surface area contributed by atoms with Crippen LogP contribution in [0, 0.1) is 18.2 Å². The van der Waals surface area contributed by atoms with Gasteiger partial charge in [-0.25, -0.2) is 4.39 Å². The first kappa shape index (κ1) is 12.2. The summed E-state index contributed by atoms with van der Waals surface area (Å²) in [6, 6.07) is 4.37. The van der Waals surface area contributed by atoms with E-state index in [0.717, 1.165) is 0 Å². The second-order valence-corrected chi connectivity index (χ2v) is 4.58. The molecule has 0 amide bonds. The van der Waals surface area contributed by atoms with Crippen LogP contribution >= 0.6 is 11.6 Å². The summed E-state index contributed by atoms with van der Waals surface area (Å²) in [5.41, 5.74) is 0.386. The first-order valence-corrected chi connectivity index (χ1v) is 5.29. The zero-order valence-corrected chi connectivity index (χ0v) is 9.86. The van der Waals surface area contributed by atoms with Gasteiger partial charge in [-0.2, -0.15) is 0 Å². The molecule has 3 heteroatoms. The third-order valence-electron chi connectivity index (χ3n) is 2.37. The molecular weight excluding hydrogens is 215 g/mol. The summed E-state index contributed by atoms with van der Waals surface area (Å²) in [5, 5.41) is 0. The van der Waals surface area contributed by atoms with Crippen LogP contribution in [-0.2, 0) is 0 Å². The molecule has 0 aromatic heterocycles. The maximum absolute atomic E-state index is 13.0. The Morgan fingerprint density at radius 1 is 1.47 bits per heavy atom. The minimum atomic E-state index is -0.605. The fourth-order valence-electron chi connectivity index (χ4n) is 1.24. The van der Waals surface area contributed by atoms with Crippen LogP contribution in [0.4, 0.5) is 4.39 Å². The van der Waals surface area contributed by atoms with Gasteiger partial charge >= 0.3 is 0 Å². The van der Waals surface area contributed by atoms with Crippen LogP contribution in [0.1, 0.15) is 29.8 Å². The van der Waals surface area contributed by atoms with Crippen molar-refractivity contribution in [3.05, 3.63) is 35.1 Å². The number of rotatable bonds is 3. The summed E-state index contributed by atoms with van der Waals surface area (Å²) in [4.78, 5) is 12.0. The monoisotopic (exact) mass is 228 g/mol. The minimum absolute atomic E-state index is 0.0550. The fraction of sp³-hybridized carbons (Fsp3) is 0.417. The summed E-state index contributed by atoms with van der Waals surface area (Å²) >= 11 is 5.71. The largest absolute Gasteiger partial charge is 0.294 e. The topological polar surface area (TPSA) is 17.1 Å². The zero-order chi connectivity index (χ0) is 11.6. The lowest BCUT2D eigenvalue weighted by atomic mass is 9.86. The summed E-state index contributed by atoms with van der Waals surface area (Å²) in [5.74, 6) is -0.0988. The molecule has 0 saturated heterocycles. The Morgan fingerprint density at radius 2 is 2.07 bits per heavy atom. The molecule has 0 atom stereocenters. The van der Waals surface area contributed by atoms with Crippen molar-refractivity contribution in [2.24, 2.45) is 5.41 Å². The van der Waals surface area contributed by atoms with Gasteiger partial charge in [0.25, 0.3) is 0 Å². The van der Waals surface area contributed by atoms with Crippen molar-refractivity contribution in [1.82, 2.24) is 0 Å². The van der Waals surface area contributed by atoms with Gasteiger partial charge < -0.3 is 0 Å². The molecule has 0 spiro atoms. The Kier molecular flexibility index (Phi) is 3.50. The van der Waals surface area contributed by atoms with Crippen LogP contribution in [0.15, 0.2) is 18.2 Å². The lowest BCUT2D eigenvalue weighted by Gasteiger charge is -2.19. The lowest BCUT2D eigenvalue weighted by molar-refractivity contribution is 0.0862. The van der Waals surface area contributed by atoms with Crippen LogP contribution in [-0.4, -0.2) is 11.7 Å². The van der Waals surface area contributed by atoms with E-state index in [9.17, 15) is 9.18 Å². The van der Waals surface area contributed by atoms with Crippen LogP contribution < -0.4 is 0 Å². The van der Waals surface area contributed by atoms with Gasteiger partial charge in [0.2, 0.25) is 0 Å². The highest BCUT2D eigenvalue weighted by molar-refractivity contribution is 6.21. The van der Waals surface area contributed by atoms with E-state index < -0.39 is 5.41 Å². The van der Waals surface area contributed by atoms with Crippen molar-refractivity contribution in [2.75, 3.05) is 5.88 Å². The van der Waals surface area contributed by atoms with E-state index in [1.54, 1.807) is 26.8 Å². The number of carbonyl (C=O) groups is 1. The van der Waals surface area contributed by atoms with Crippen molar-refractivity contribution in [3.63, 3.8) is 0 Å². The molecular formula is C12H14ClFO. The number of hydrogen-bond acceptors (Lipinski definition) is 1. The molecule has 0 aliphatic carbocycles. The van der Waals surface area contributed by atoms with Crippen molar-refractivity contribution in [3.8, 4) is 0 Å². The Hall–Kier alpha value is -0.890. The van der Waals surface area contributed by atoms with Crippen LogP contribution in [0.25, 0.3) is 0 Å². The molecule has 0 aliphatic rings. The minimum Gasteiger partial charge on any atom is -0.294 e. The SMILES string of the molecule is Cc1cc(C(=O)C(C)(C)CCl)ccc1F. The van der Waals surface area contributed by atoms with Gasteiger partial charge in [0.15, 0.2) is 5.78 Å². The van der Waals surface area contributed by atoms with E-state index >= 15 is 0 Å². The van der Waals surface area contributed by atoms with Gasteiger partial charge in [-0.3, -0.25) is 4.79 Å². The second kappa shape index (κ2) is 4.31. The molecule has 82 valence electrons. The number of carbonyl (C=O) groups excluding carboxylic acids is 1. The van der Waals surface area contributed by atoms with Crippen molar-refractivity contribution >= 4 is 17.4 Å². The Bertz CT molecular complexity index is 385. The number of aryl methyl sites for hydroxylation is 1. The predicted molar refractivity (Wildman–Crippen MR) is 60.0 cm³/mol. The van der Waals surface area contributed by atoms with Gasteiger partial charge in [0.1, 0.15) is 5.82 Å². The molecule has 1 aromatic carbocycles. The highest BCUT2D eigenvalue weighted by Crippen LogP contribution is 2.24. The lowest BCUT2D eigenvalue weighted by Crippen LogP contribution is -2.26. The normalized spacial score (nSPS) is 11.5. The average molecular weight is 229 g/mol. The molecule has 0 aliphatic heterocycles. The summed E-state index contributed by atoms with van der Waals surface area (Å²) in [6.07, 6.45) is 0. The highest BCUT2D eigenvalue weighted by atomic mass is 35.5. The van der Waals surface area contributed by atoms with E-state index in [1.165, 1.54) is 12.1 Å². The molecule has 0 N–H and O–H groups in total. The number of ketones is 1. The van der Waals surface area contributed by atoms with E-state index in [4.69, 9.17) is 11.6 Å². The number of halogens is 2. The number of alkyl halides is 1. The third-order valence-corrected chi connectivity index (χ3v) is 3.04. The van der Waals surface area contributed by atoms with Crippen molar-refractivity contribution in [1.29, 1.82) is 0 Å². The van der Waals surface area contributed by atoms with Gasteiger partial charge in [0.05, 0.1) is 0 Å². The van der Waals surface area contributed by atoms with E-state index in [-0.39, 0.29) is 17.5 Å².